The molecule has 2 aromatic rings. The van der Waals surface area contributed by atoms with Crippen molar-refractivity contribution in [2.75, 3.05) is 0 Å². The van der Waals surface area contributed by atoms with E-state index in [4.69, 9.17) is 0 Å². The smallest absolute Gasteiger partial charge is 0.0706 e. The predicted octanol–water partition coefficient (Wildman–Crippen LogP) is 2.37. The third kappa shape index (κ3) is 1.62. The first-order valence-corrected chi connectivity index (χ1v) is 5.02. The van der Waals surface area contributed by atoms with Gasteiger partial charge in [0.25, 0.3) is 0 Å². The number of rotatable bonds is 2. The Morgan fingerprint density at radius 2 is 2.31 bits per heavy atom. The van der Waals surface area contributed by atoms with E-state index in [2.05, 4.69) is 31.1 Å². The summed E-state index contributed by atoms with van der Waals surface area (Å²) in [6, 6.07) is 3.92. The molecule has 2 aromatic heterocycles. The summed E-state index contributed by atoms with van der Waals surface area (Å²) < 4.78 is 0. The summed E-state index contributed by atoms with van der Waals surface area (Å²) in [6.45, 7) is 0. The highest BCUT2D eigenvalue weighted by atomic mass is 79.9. The second-order valence-corrected chi connectivity index (χ2v) is 3.21. The van der Waals surface area contributed by atoms with Gasteiger partial charge < -0.3 is 0 Å². The molecule has 2 heterocycles. The number of nitrogens with zero attached hydrogens (tertiary/aromatic N) is 2. The van der Waals surface area contributed by atoms with Crippen LogP contribution in [0, 0.1) is 0 Å². The molecule has 0 amide bonds. The number of pyridine rings is 1. The molecule has 0 bridgehead atoms. The molecular weight excluding hydrogens is 230 g/mol. The maximum Gasteiger partial charge on any atom is 0.0706 e. The Hall–Kier alpha value is -1.16. The first-order chi connectivity index (χ1) is 6.42. The van der Waals surface area contributed by atoms with Gasteiger partial charge in [0.2, 0.25) is 0 Å². The molecule has 0 fully saturated rings. The molecule has 3 nitrogen and oxygen atoms in total. The molecule has 0 aromatic carbocycles. The monoisotopic (exact) mass is 237 g/mol. The van der Waals surface area contributed by atoms with E-state index < -0.39 is 0 Å². The van der Waals surface area contributed by atoms with E-state index in [-0.39, 0.29) is 0 Å². The van der Waals surface area contributed by atoms with Crippen LogP contribution in [0.5, 0.6) is 0 Å². The van der Waals surface area contributed by atoms with Crippen LogP contribution in [0.3, 0.4) is 0 Å². The van der Waals surface area contributed by atoms with Crippen molar-refractivity contribution in [1.82, 2.24) is 15.2 Å². The fourth-order valence-corrected chi connectivity index (χ4v) is 1.60. The van der Waals surface area contributed by atoms with Crippen molar-refractivity contribution in [2.24, 2.45) is 0 Å². The molecule has 1 N–H and O–H groups in total. The lowest BCUT2D eigenvalue weighted by molar-refractivity contribution is 1.09. The van der Waals surface area contributed by atoms with Crippen LogP contribution in [0.4, 0.5) is 0 Å². The van der Waals surface area contributed by atoms with Gasteiger partial charge in [0, 0.05) is 28.9 Å². The van der Waals surface area contributed by atoms with E-state index in [1.165, 1.54) is 0 Å². The predicted molar refractivity (Wildman–Crippen MR) is 54.4 cm³/mol. The molecule has 2 rings (SSSR count). The molecular formula is C9H8BrN3. The van der Waals surface area contributed by atoms with Gasteiger partial charge in [0.05, 0.1) is 11.9 Å². The van der Waals surface area contributed by atoms with Gasteiger partial charge in [-0.25, -0.2) is 0 Å². The number of hydrogen-bond acceptors (Lipinski definition) is 2. The molecule has 0 spiro atoms. The summed E-state index contributed by atoms with van der Waals surface area (Å²) in [5.74, 6) is 0. The van der Waals surface area contributed by atoms with Crippen LogP contribution in [0.1, 0.15) is 5.56 Å². The van der Waals surface area contributed by atoms with E-state index in [0.717, 1.165) is 22.2 Å². The maximum atomic E-state index is 4.05. The second kappa shape index (κ2) is 3.70. The van der Waals surface area contributed by atoms with Crippen LogP contribution in [0.25, 0.3) is 11.3 Å². The van der Waals surface area contributed by atoms with Gasteiger partial charge in [-0.2, -0.15) is 5.10 Å². The Morgan fingerprint density at radius 3 is 3.00 bits per heavy atom. The number of halogens is 1. The Bertz CT molecular complexity index is 383. The highest BCUT2D eigenvalue weighted by molar-refractivity contribution is 9.08. The van der Waals surface area contributed by atoms with Crippen LogP contribution < -0.4 is 0 Å². The van der Waals surface area contributed by atoms with Gasteiger partial charge in [0.1, 0.15) is 0 Å². The van der Waals surface area contributed by atoms with Crippen molar-refractivity contribution in [3.63, 3.8) is 0 Å². The van der Waals surface area contributed by atoms with Crippen molar-refractivity contribution in [3.05, 3.63) is 36.3 Å². The van der Waals surface area contributed by atoms with Gasteiger partial charge >= 0.3 is 0 Å². The standard InChI is InChI=1S/C9H8BrN3/c10-4-8-6-12-13-9(8)7-2-1-3-11-5-7/h1-3,5-6H,4H2,(H,12,13). The van der Waals surface area contributed by atoms with E-state index in [9.17, 15) is 0 Å². The summed E-state index contributed by atoms with van der Waals surface area (Å²) in [7, 11) is 0. The number of aromatic amines is 1. The quantitative estimate of drug-likeness (QED) is 0.816. The van der Waals surface area contributed by atoms with Crippen LogP contribution in [-0.4, -0.2) is 15.2 Å². The molecule has 0 aliphatic carbocycles. The minimum Gasteiger partial charge on any atom is -0.277 e. The first kappa shape index (κ1) is 8.44. The topological polar surface area (TPSA) is 41.6 Å². The Kier molecular flexibility index (Phi) is 2.40. The summed E-state index contributed by atoms with van der Waals surface area (Å²) in [5.41, 5.74) is 3.24. The third-order valence-electron chi connectivity index (χ3n) is 1.81. The average Bonchev–Trinajstić information content (AvgIpc) is 2.67. The molecule has 0 aliphatic rings. The zero-order valence-corrected chi connectivity index (χ0v) is 8.45. The largest absolute Gasteiger partial charge is 0.277 e. The molecule has 13 heavy (non-hydrogen) atoms. The van der Waals surface area contributed by atoms with E-state index in [1.54, 1.807) is 6.20 Å². The highest BCUT2D eigenvalue weighted by Gasteiger charge is 2.05. The zero-order chi connectivity index (χ0) is 9.10. The fraction of sp³-hybridized carbons (Fsp3) is 0.111. The van der Waals surface area contributed by atoms with Crippen molar-refractivity contribution >= 4 is 15.9 Å². The molecule has 0 aliphatic heterocycles. The second-order valence-electron chi connectivity index (χ2n) is 2.65. The van der Waals surface area contributed by atoms with E-state index >= 15 is 0 Å². The van der Waals surface area contributed by atoms with Gasteiger partial charge in [-0.1, -0.05) is 15.9 Å². The van der Waals surface area contributed by atoms with Crippen LogP contribution >= 0.6 is 15.9 Å². The fourth-order valence-electron chi connectivity index (χ4n) is 1.17. The van der Waals surface area contributed by atoms with Gasteiger partial charge in [0.15, 0.2) is 0 Å². The lowest BCUT2D eigenvalue weighted by Crippen LogP contribution is -1.83. The minimum atomic E-state index is 0.799. The van der Waals surface area contributed by atoms with Gasteiger partial charge in [-0.05, 0) is 12.1 Å². The van der Waals surface area contributed by atoms with Gasteiger partial charge in [-0.3, -0.25) is 10.1 Å². The Labute approximate surface area is 84.3 Å². The lowest BCUT2D eigenvalue weighted by Gasteiger charge is -1.98. The van der Waals surface area contributed by atoms with Crippen molar-refractivity contribution in [3.8, 4) is 11.3 Å². The van der Waals surface area contributed by atoms with Crippen molar-refractivity contribution < 1.29 is 0 Å². The average molecular weight is 238 g/mol. The molecule has 0 unspecified atom stereocenters. The molecule has 66 valence electrons. The summed E-state index contributed by atoms with van der Waals surface area (Å²) in [4.78, 5) is 4.05. The number of aromatic nitrogens is 3. The highest BCUT2D eigenvalue weighted by Crippen LogP contribution is 2.21. The summed E-state index contributed by atoms with van der Waals surface area (Å²) >= 11 is 3.40. The Balaban J connectivity index is 2.47. The molecule has 0 radical (unpaired) electrons. The van der Waals surface area contributed by atoms with Crippen molar-refractivity contribution in [1.29, 1.82) is 0 Å². The van der Waals surface area contributed by atoms with Crippen LogP contribution in [0.15, 0.2) is 30.7 Å². The first-order valence-electron chi connectivity index (χ1n) is 3.90. The van der Waals surface area contributed by atoms with Crippen LogP contribution in [-0.2, 0) is 5.33 Å². The normalized spacial score (nSPS) is 10.2. The molecule has 0 saturated heterocycles. The molecule has 4 heteroatoms. The summed E-state index contributed by atoms with van der Waals surface area (Å²) in [6.07, 6.45) is 5.39. The maximum absolute atomic E-state index is 4.05. The van der Waals surface area contributed by atoms with Crippen molar-refractivity contribution in [2.45, 2.75) is 5.33 Å². The molecule has 0 atom stereocenters. The van der Waals surface area contributed by atoms with Crippen LogP contribution in [0.2, 0.25) is 0 Å². The number of hydrogen-bond donors (Lipinski definition) is 1. The number of alkyl halides is 1. The third-order valence-corrected chi connectivity index (χ3v) is 2.42. The molecule has 0 saturated carbocycles. The number of nitrogens with one attached hydrogen (secondary N) is 1. The minimum absolute atomic E-state index is 0.799. The summed E-state index contributed by atoms with van der Waals surface area (Å²) in [5, 5.41) is 7.74. The lowest BCUT2D eigenvalue weighted by atomic mass is 10.1. The van der Waals surface area contributed by atoms with E-state index in [0.29, 0.717) is 0 Å². The zero-order valence-electron chi connectivity index (χ0n) is 6.87. The SMILES string of the molecule is BrCc1cn[nH]c1-c1cccnc1. The van der Waals surface area contributed by atoms with Gasteiger partial charge in [-0.15, -0.1) is 0 Å². The number of H-pyrrole nitrogens is 1. The Morgan fingerprint density at radius 1 is 1.38 bits per heavy atom. The van der Waals surface area contributed by atoms with E-state index in [1.807, 2.05) is 24.5 Å².